The third kappa shape index (κ3) is 5.46. The summed E-state index contributed by atoms with van der Waals surface area (Å²) in [4.78, 5) is 2.40. The first-order valence-electron chi connectivity index (χ1n) is 8.35. The van der Waals surface area contributed by atoms with E-state index in [4.69, 9.17) is 0 Å². The Hall–Kier alpha value is -1.05. The average Bonchev–Trinajstić information content (AvgIpc) is 3.38. The number of halogens is 5. The van der Waals surface area contributed by atoms with E-state index in [1.165, 1.54) is 25.0 Å². The second kappa shape index (κ2) is 8.56. The number of nitrogens with one attached hydrogen (secondary N) is 1. The Kier molecular flexibility index (Phi) is 6.93. The van der Waals surface area contributed by atoms with E-state index in [-0.39, 0.29) is 24.2 Å². The summed E-state index contributed by atoms with van der Waals surface area (Å²) in [7, 11) is 0. The molecule has 2 fully saturated rings. The van der Waals surface area contributed by atoms with Crippen molar-refractivity contribution in [1.82, 2.24) is 10.2 Å². The van der Waals surface area contributed by atoms with Gasteiger partial charge in [-0.25, -0.2) is 0 Å². The fraction of sp³-hybridized carbons (Fsp3) is 0.647. The van der Waals surface area contributed by atoms with Gasteiger partial charge >= 0.3 is 12.5 Å². The number of nitrogens with zero attached hydrogens (tertiary/aromatic N) is 1. The molecule has 142 valence electrons. The fourth-order valence-electron chi connectivity index (χ4n) is 3.12. The molecule has 1 saturated heterocycles. The molecule has 1 aromatic rings. The first kappa shape index (κ1) is 20.3. The summed E-state index contributed by atoms with van der Waals surface area (Å²) < 4.78 is 54.5. The maximum absolute atomic E-state index is 13.0. The van der Waals surface area contributed by atoms with E-state index in [9.17, 15) is 17.6 Å². The summed E-state index contributed by atoms with van der Waals surface area (Å²) in [5.41, 5.74) is 1.02. The third-order valence-corrected chi connectivity index (χ3v) is 4.62. The number of ether oxygens (including phenoxy) is 1. The van der Waals surface area contributed by atoms with E-state index >= 15 is 0 Å². The first-order chi connectivity index (χ1) is 11.5. The molecule has 3 nitrogen and oxygen atoms in total. The molecule has 2 aliphatic rings. The number of hydrogen-bond acceptors (Lipinski definition) is 3. The first-order valence-corrected chi connectivity index (χ1v) is 8.35. The number of rotatable bonds is 7. The minimum atomic E-state index is -4.46. The van der Waals surface area contributed by atoms with Gasteiger partial charge in [-0.2, -0.15) is 17.6 Å². The SMILES string of the molecule is Cl.FC(F)C(F)(F)Oc1ccc([C@@H](CC2CC2)N2CCNCC2)cc1. The fourth-order valence-corrected chi connectivity index (χ4v) is 3.12. The molecule has 0 bridgehead atoms. The highest BCUT2D eigenvalue weighted by molar-refractivity contribution is 5.85. The molecular weight excluding hydrogens is 360 g/mol. The highest BCUT2D eigenvalue weighted by Gasteiger charge is 2.44. The van der Waals surface area contributed by atoms with Crippen molar-refractivity contribution in [3.05, 3.63) is 29.8 Å². The van der Waals surface area contributed by atoms with Gasteiger partial charge in [0.1, 0.15) is 5.75 Å². The van der Waals surface area contributed by atoms with Crippen LogP contribution in [0.5, 0.6) is 5.75 Å². The second-order valence-corrected chi connectivity index (χ2v) is 6.51. The van der Waals surface area contributed by atoms with E-state index in [1.807, 2.05) is 0 Å². The lowest BCUT2D eigenvalue weighted by molar-refractivity contribution is -0.253. The summed E-state index contributed by atoms with van der Waals surface area (Å²) in [6.07, 6.45) is -4.78. The summed E-state index contributed by atoms with van der Waals surface area (Å²) in [6.45, 7) is 3.75. The number of benzene rings is 1. The van der Waals surface area contributed by atoms with Gasteiger partial charge in [-0.1, -0.05) is 25.0 Å². The Morgan fingerprint density at radius 3 is 2.24 bits per heavy atom. The molecule has 0 unspecified atom stereocenters. The minimum absolute atomic E-state index is 0. The van der Waals surface area contributed by atoms with E-state index in [0.717, 1.165) is 44.1 Å². The van der Waals surface area contributed by atoms with Crippen LogP contribution in [0.15, 0.2) is 24.3 Å². The molecule has 1 aliphatic carbocycles. The minimum Gasteiger partial charge on any atom is -0.428 e. The van der Waals surface area contributed by atoms with Crippen LogP contribution in [0.1, 0.15) is 30.9 Å². The highest BCUT2D eigenvalue weighted by atomic mass is 35.5. The number of hydrogen-bond donors (Lipinski definition) is 1. The molecule has 1 N–H and O–H groups in total. The molecule has 1 aliphatic heterocycles. The van der Waals surface area contributed by atoms with Crippen molar-refractivity contribution in [3.63, 3.8) is 0 Å². The number of alkyl halides is 4. The third-order valence-electron chi connectivity index (χ3n) is 4.62. The van der Waals surface area contributed by atoms with Crippen molar-refractivity contribution in [2.24, 2.45) is 5.92 Å². The Morgan fingerprint density at radius 1 is 1.12 bits per heavy atom. The maximum Gasteiger partial charge on any atom is 0.461 e. The second-order valence-electron chi connectivity index (χ2n) is 6.51. The van der Waals surface area contributed by atoms with Gasteiger partial charge in [0.2, 0.25) is 0 Å². The molecular formula is C17H23ClF4N2O. The lowest BCUT2D eigenvalue weighted by atomic mass is 9.98. The van der Waals surface area contributed by atoms with Crippen LogP contribution in [0, 0.1) is 5.92 Å². The molecule has 0 aromatic heterocycles. The van der Waals surface area contributed by atoms with Gasteiger partial charge in [-0.3, -0.25) is 4.90 Å². The van der Waals surface area contributed by atoms with Crippen LogP contribution in [-0.4, -0.2) is 43.6 Å². The molecule has 0 amide bonds. The average molecular weight is 383 g/mol. The lowest BCUT2D eigenvalue weighted by Gasteiger charge is -2.35. The predicted molar refractivity (Wildman–Crippen MR) is 89.8 cm³/mol. The monoisotopic (exact) mass is 382 g/mol. The largest absolute Gasteiger partial charge is 0.461 e. The van der Waals surface area contributed by atoms with Gasteiger partial charge in [0.25, 0.3) is 0 Å². The summed E-state index contributed by atoms with van der Waals surface area (Å²) >= 11 is 0. The molecule has 1 heterocycles. The molecule has 1 aromatic carbocycles. The van der Waals surface area contributed by atoms with Crippen LogP contribution in [0.4, 0.5) is 17.6 Å². The standard InChI is InChI=1S/C17H22F4N2O.ClH/c18-16(19)17(20,21)24-14-5-3-13(4-6-14)15(11-12-1-2-12)23-9-7-22-8-10-23;/h3-6,12,15-16,22H,1-2,7-11H2;1H/t15-;/m1./s1. The zero-order chi connectivity index (χ0) is 17.2. The van der Waals surface area contributed by atoms with Gasteiger partial charge in [-0.05, 0) is 30.0 Å². The molecule has 8 heteroatoms. The highest BCUT2D eigenvalue weighted by Crippen LogP contribution is 2.40. The molecule has 25 heavy (non-hydrogen) atoms. The van der Waals surface area contributed by atoms with Crippen LogP contribution in [0.2, 0.25) is 0 Å². The zero-order valence-corrected chi connectivity index (χ0v) is 14.6. The van der Waals surface area contributed by atoms with E-state index in [0.29, 0.717) is 0 Å². The van der Waals surface area contributed by atoms with E-state index in [2.05, 4.69) is 15.0 Å². The van der Waals surface area contributed by atoms with Gasteiger partial charge in [0, 0.05) is 32.2 Å². The van der Waals surface area contributed by atoms with Crippen LogP contribution in [-0.2, 0) is 0 Å². The van der Waals surface area contributed by atoms with Crippen molar-refractivity contribution >= 4 is 12.4 Å². The van der Waals surface area contributed by atoms with Crippen molar-refractivity contribution in [2.45, 2.75) is 37.8 Å². The van der Waals surface area contributed by atoms with Crippen molar-refractivity contribution in [2.75, 3.05) is 26.2 Å². The normalized spacial score (nSPS) is 20.2. The summed E-state index contributed by atoms with van der Waals surface area (Å²) in [5.74, 6) is 0.485. The Balaban J connectivity index is 0.00000225. The molecule has 1 atom stereocenters. The molecule has 0 spiro atoms. The maximum atomic E-state index is 13.0. The Labute approximate surface area is 151 Å². The number of piperazine rings is 1. The van der Waals surface area contributed by atoms with Gasteiger partial charge in [0.05, 0.1) is 0 Å². The van der Waals surface area contributed by atoms with Gasteiger partial charge in [0.15, 0.2) is 0 Å². The van der Waals surface area contributed by atoms with Crippen molar-refractivity contribution in [3.8, 4) is 5.75 Å². The van der Waals surface area contributed by atoms with Crippen LogP contribution >= 0.6 is 12.4 Å². The zero-order valence-electron chi connectivity index (χ0n) is 13.8. The van der Waals surface area contributed by atoms with Crippen molar-refractivity contribution < 1.29 is 22.3 Å². The van der Waals surface area contributed by atoms with Gasteiger partial charge < -0.3 is 10.1 Å². The smallest absolute Gasteiger partial charge is 0.428 e. The Morgan fingerprint density at radius 2 is 1.72 bits per heavy atom. The van der Waals surface area contributed by atoms with Gasteiger partial charge in [-0.15, -0.1) is 12.4 Å². The summed E-state index contributed by atoms with van der Waals surface area (Å²) in [6, 6.07) is 6.38. The van der Waals surface area contributed by atoms with Crippen LogP contribution in [0.3, 0.4) is 0 Å². The topological polar surface area (TPSA) is 24.5 Å². The Bertz CT molecular complexity index is 534. The van der Waals surface area contributed by atoms with E-state index < -0.39 is 12.5 Å². The molecule has 3 rings (SSSR count). The quantitative estimate of drug-likeness (QED) is 0.719. The predicted octanol–water partition coefficient (Wildman–Crippen LogP) is 4.09. The lowest BCUT2D eigenvalue weighted by Crippen LogP contribution is -2.45. The van der Waals surface area contributed by atoms with Crippen molar-refractivity contribution in [1.29, 1.82) is 0 Å². The van der Waals surface area contributed by atoms with E-state index in [1.54, 1.807) is 12.1 Å². The molecule has 1 saturated carbocycles. The van der Waals surface area contributed by atoms with Crippen LogP contribution in [0.25, 0.3) is 0 Å². The van der Waals surface area contributed by atoms with Crippen LogP contribution < -0.4 is 10.1 Å². The molecule has 0 radical (unpaired) electrons. The summed E-state index contributed by atoms with van der Waals surface area (Å²) in [5, 5.41) is 3.32.